The zero-order valence-electron chi connectivity index (χ0n) is 8.49. The summed E-state index contributed by atoms with van der Waals surface area (Å²) in [7, 11) is 0. The van der Waals surface area contributed by atoms with Crippen LogP contribution in [-0.4, -0.2) is 14.4 Å². The zero-order valence-corrected chi connectivity index (χ0v) is 10.1. The van der Waals surface area contributed by atoms with E-state index in [0.29, 0.717) is 5.52 Å². The standard InChI is InChI=1S/C11H8BrN3O/c1-6-2-3-15-9(6)11(16)14-8-4-7(12)5-13-10(8)15/h2-5H,1H3,(H,14,16). The molecule has 0 saturated heterocycles. The van der Waals surface area contributed by atoms with Crippen LogP contribution in [0.2, 0.25) is 0 Å². The maximum Gasteiger partial charge on any atom is 0.273 e. The van der Waals surface area contributed by atoms with Crippen molar-refractivity contribution in [3.63, 3.8) is 0 Å². The first-order valence-corrected chi connectivity index (χ1v) is 5.61. The fraction of sp³-hybridized carbons (Fsp3) is 0.0909. The second kappa shape index (κ2) is 3.18. The Morgan fingerprint density at radius 2 is 2.31 bits per heavy atom. The van der Waals surface area contributed by atoms with Gasteiger partial charge in [0, 0.05) is 16.9 Å². The highest BCUT2D eigenvalue weighted by Gasteiger charge is 2.08. The Hall–Kier alpha value is -1.62. The van der Waals surface area contributed by atoms with Crippen molar-refractivity contribution in [1.29, 1.82) is 0 Å². The van der Waals surface area contributed by atoms with E-state index in [-0.39, 0.29) is 5.56 Å². The highest BCUT2D eigenvalue weighted by Crippen LogP contribution is 2.17. The molecule has 0 aliphatic heterocycles. The van der Waals surface area contributed by atoms with Gasteiger partial charge in [-0.15, -0.1) is 0 Å². The van der Waals surface area contributed by atoms with E-state index in [2.05, 4.69) is 25.9 Å². The summed E-state index contributed by atoms with van der Waals surface area (Å²) in [6, 6.07) is 3.76. The molecule has 0 aliphatic rings. The number of fused-ring (bicyclic) bond motifs is 3. The fourth-order valence-electron chi connectivity index (χ4n) is 1.89. The number of pyridine rings is 1. The lowest BCUT2D eigenvalue weighted by Gasteiger charge is -2.02. The summed E-state index contributed by atoms with van der Waals surface area (Å²) >= 11 is 3.33. The number of nitrogens with one attached hydrogen (secondary N) is 1. The molecule has 0 amide bonds. The Labute approximate surface area is 99.1 Å². The van der Waals surface area contributed by atoms with Gasteiger partial charge in [0.15, 0.2) is 5.65 Å². The van der Waals surface area contributed by atoms with Crippen molar-refractivity contribution in [1.82, 2.24) is 14.4 Å². The van der Waals surface area contributed by atoms with Gasteiger partial charge in [0.1, 0.15) is 5.52 Å². The zero-order chi connectivity index (χ0) is 11.3. The van der Waals surface area contributed by atoms with Crippen molar-refractivity contribution in [2.45, 2.75) is 6.92 Å². The van der Waals surface area contributed by atoms with Gasteiger partial charge in [0.25, 0.3) is 5.56 Å². The second-order valence-corrected chi connectivity index (χ2v) is 4.61. The van der Waals surface area contributed by atoms with Crippen LogP contribution in [0.15, 0.2) is 33.8 Å². The maximum atomic E-state index is 11.9. The Balaban J connectivity index is 2.65. The van der Waals surface area contributed by atoms with E-state index in [4.69, 9.17) is 0 Å². The third-order valence-electron chi connectivity index (χ3n) is 2.61. The van der Waals surface area contributed by atoms with Crippen LogP contribution in [0.4, 0.5) is 0 Å². The minimum absolute atomic E-state index is 0.0881. The topological polar surface area (TPSA) is 50.2 Å². The van der Waals surface area contributed by atoms with Crippen molar-refractivity contribution in [2.24, 2.45) is 0 Å². The van der Waals surface area contributed by atoms with Crippen molar-refractivity contribution in [3.05, 3.63) is 44.9 Å². The summed E-state index contributed by atoms with van der Waals surface area (Å²) in [5.74, 6) is 0. The summed E-state index contributed by atoms with van der Waals surface area (Å²) in [5.41, 5.74) is 3.00. The largest absolute Gasteiger partial charge is 0.317 e. The van der Waals surface area contributed by atoms with Gasteiger partial charge in [-0.05, 0) is 40.5 Å². The van der Waals surface area contributed by atoms with Crippen LogP contribution in [0.25, 0.3) is 16.7 Å². The van der Waals surface area contributed by atoms with Gasteiger partial charge in [0.05, 0.1) is 5.52 Å². The fourth-order valence-corrected chi connectivity index (χ4v) is 2.22. The number of hydrogen-bond donors (Lipinski definition) is 1. The minimum atomic E-state index is -0.0881. The van der Waals surface area contributed by atoms with Crippen molar-refractivity contribution in [2.75, 3.05) is 0 Å². The highest BCUT2D eigenvalue weighted by atomic mass is 79.9. The first-order valence-electron chi connectivity index (χ1n) is 4.82. The monoisotopic (exact) mass is 277 g/mol. The first kappa shape index (κ1) is 9.59. The number of hydrogen-bond acceptors (Lipinski definition) is 2. The molecule has 1 N–H and O–H groups in total. The van der Waals surface area contributed by atoms with E-state index in [1.807, 2.05) is 29.7 Å². The molecule has 16 heavy (non-hydrogen) atoms. The highest BCUT2D eigenvalue weighted by molar-refractivity contribution is 9.10. The van der Waals surface area contributed by atoms with Crippen molar-refractivity contribution in [3.8, 4) is 0 Å². The van der Waals surface area contributed by atoms with E-state index < -0.39 is 0 Å². The number of H-pyrrole nitrogens is 1. The van der Waals surface area contributed by atoms with Crippen LogP contribution in [-0.2, 0) is 0 Å². The van der Waals surface area contributed by atoms with Gasteiger partial charge < -0.3 is 4.98 Å². The molecule has 0 aromatic carbocycles. The maximum absolute atomic E-state index is 11.9. The molecule has 0 unspecified atom stereocenters. The SMILES string of the molecule is Cc1ccn2c1c(=O)[nH]c1cc(Br)cnc12. The molecular weight excluding hydrogens is 270 g/mol. The molecule has 0 spiro atoms. The molecule has 4 nitrogen and oxygen atoms in total. The summed E-state index contributed by atoms with van der Waals surface area (Å²) in [4.78, 5) is 19.0. The lowest BCUT2D eigenvalue weighted by Crippen LogP contribution is -2.11. The molecule has 3 aromatic rings. The Bertz CT molecular complexity index is 757. The van der Waals surface area contributed by atoms with E-state index in [9.17, 15) is 4.79 Å². The number of aromatic amines is 1. The third kappa shape index (κ3) is 1.21. The van der Waals surface area contributed by atoms with Gasteiger partial charge >= 0.3 is 0 Å². The van der Waals surface area contributed by atoms with Gasteiger partial charge in [-0.2, -0.15) is 0 Å². The first-order chi connectivity index (χ1) is 7.66. The van der Waals surface area contributed by atoms with E-state index >= 15 is 0 Å². The minimum Gasteiger partial charge on any atom is -0.317 e. The van der Waals surface area contributed by atoms with Crippen LogP contribution in [0.5, 0.6) is 0 Å². The van der Waals surface area contributed by atoms with E-state index in [0.717, 1.165) is 21.2 Å². The Morgan fingerprint density at radius 3 is 3.12 bits per heavy atom. The number of nitrogens with zero attached hydrogens (tertiary/aromatic N) is 2. The molecule has 80 valence electrons. The van der Waals surface area contributed by atoms with Crippen LogP contribution in [0.1, 0.15) is 5.56 Å². The lowest BCUT2D eigenvalue weighted by molar-refractivity contribution is 1.13. The molecule has 0 saturated carbocycles. The number of rotatable bonds is 0. The summed E-state index contributed by atoms with van der Waals surface area (Å²) in [5, 5.41) is 0. The second-order valence-electron chi connectivity index (χ2n) is 3.70. The van der Waals surface area contributed by atoms with Crippen molar-refractivity contribution >= 4 is 32.6 Å². The molecular formula is C11H8BrN3O. The molecule has 0 radical (unpaired) electrons. The Morgan fingerprint density at radius 1 is 1.50 bits per heavy atom. The number of halogens is 1. The number of aromatic nitrogens is 3. The van der Waals surface area contributed by atoms with Crippen LogP contribution < -0.4 is 5.56 Å². The molecule has 3 heterocycles. The molecule has 3 rings (SSSR count). The van der Waals surface area contributed by atoms with Gasteiger partial charge in [0.2, 0.25) is 0 Å². The summed E-state index contributed by atoms with van der Waals surface area (Å²) in [6.07, 6.45) is 3.58. The Kier molecular flexibility index (Phi) is 1.91. The van der Waals surface area contributed by atoms with Gasteiger partial charge in [-0.3, -0.25) is 9.20 Å². The summed E-state index contributed by atoms with van der Waals surface area (Å²) < 4.78 is 2.66. The quantitative estimate of drug-likeness (QED) is 0.685. The smallest absolute Gasteiger partial charge is 0.273 e. The third-order valence-corrected chi connectivity index (χ3v) is 3.05. The number of aryl methyl sites for hydroxylation is 1. The molecule has 3 aromatic heterocycles. The van der Waals surface area contributed by atoms with Crippen LogP contribution >= 0.6 is 15.9 Å². The average molecular weight is 278 g/mol. The molecule has 0 aliphatic carbocycles. The summed E-state index contributed by atoms with van der Waals surface area (Å²) in [6.45, 7) is 1.91. The molecule has 5 heteroatoms. The predicted octanol–water partition coefficient (Wildman–Crippen LogP) is 2.25. The predicted molar refractivity (Wildman–Crippen MR) is 65.8 cm³/mol. The average Bonchev–Trinajstić information content (AvgIpc) is 2.61. The molecule has 0 fully saturated rings. The van der Waals surface area contributed by atoms with Crippen LogP contribution in [0.3, 0.4) is 0 Å². The van der Waals surface area contributed by atoms with Crippen molar-refractivity contribution < 1.29 is 0 Å². The van der Waals surface area contributed by atoms with Gasteiger partial charge in [-0.25, -0.2) is 4.98 Å². The van der Waals surface area contributed by atoms with Crippen LogP contribution in [0, 0.1) is 6.92 Å². The molecule has 0 atom stereocenters. The molecule has 0 bridgehead atoms. The van der Waals surface area contributed by atoms with Gasteiger partial charge in [-0.1, -0.05) is 0 Å². The van der Waals surface area contributed by atoms with E-state index in [1.165, 1.54) is 0 Å². The lowest BCUT2D eigenvalue weighted by atomic mass is 10.3. The normalized spacial score (nSPS) is 11.4. The van der Waals surface area contributed by atoms with E-state index in [1.54, 1.807) is 6.20 Å².